The molecule has 2 N–H and O–H groups in total. The van der Waals surface area contributed by atoms with E-state index in [2.05, 4.69) is 125 Å². The molecule has 0 radical (unpaired) electrons. The summed E-state index contributed by atoms with van der Waals surface area (Å²) < 4.78 is 0. The third kappa shape index (κ3) is 7.78. The van der Waals surface area contributed by atoms with Gasteiger partial charge in [-0.2, -0.15) is 10.2 Å². The summed E-state index contributed by atoms with van der Waals surface area (Å²) in [6.45, 7) is 0. The maximum absolute atomic E-state index is 6.54. The molecular weight excluding hydrogens is 601 g/mol. The van der Waals surface area contributed by atoms with Crippen LogP contribution >= 0.6 is 0 Å². The van der Waals surface area contributed by atoms with Crippen LogP contribution in [-0.2, 0) is 6.42 Å². The van der Waals surface area contributed by atoms with Crippen molar-refractivity contribution in [2.75, 3.05) is 15.0 Å². The van der Waals surface area contributed by atoms with E-state index < -0.39 is 0 Å². The second-order valence-electron chi connectivity index (χ2n) is 12.2. The van der Waals surface area contributed by atoms with Crippen LogP contribution in [-0.4, -0.2) is 11.4 Å². The van der Waals surface area contributed by atoms with Crippen LogP contribution in [0.15, 0.2) is 180 Å². The lowest BCUT2D eigenvalue weighted by Gasteiger charge is -2.26. The molecule has 0 amide bonds. The number of hydrogen-bond donors (Lipinski definition) is 1. The molecule has 1 aliphatic carbocycles. The summed E-state index contributed by atoms with van der Waals surface area (Å²) >= 11 is 0. The summed E-state index contributed by atoms with van der Waals surface area (Å²) in [5.41, 5.74) is 10.6. The molecule has 0 bridgehead atoms. The second kappa shape index (κ2) is 15.3. The van der Waals surface area contributed by atoms with Gasteiger partial charge in [-0.15, -0.1) is 0 Å². The molecular formula is C43H40N6. The van der Waals surface area contributed by atoms with E-state index in [1.807, 2.05) is 54.6 Å². The molecule has 0 aliphatic heterocycles. The number of hydrogen-bond acceptors (Lipinski definition) is 6. The van der Waals surface area contributed by atoms with Gasteiger partial charge in [0.15, 0.2) is 0 Å². The highest BCUT2D eigenvalue weighted by molar-refractivity contribution is 6.07. The molecule has 0 spiro atoms. The van der Waals surface area contributed by atoms with Crippen LogP contribution in [0.3, 0.4) is 0 Å². The average molecular weight is 641 g/mol. The molecule has 0 atom stereocenters. The van der Waals surface area contributed by atoms with Crippen molar-refractivity contribution in [3.8, 4) is 0 Å². The number of anilines is 6. The number of nitrogens with zero attached hydrogens (tertiary/aromatic N) is 5. The second-order valence-corrected chi connectivity index (χ2v) is 12.2. The van der Waals surface area contributed by atoms with Gasteiger partial charge in [0.25, 0.3) is 0 Å². The Balaban J connectivity index is 1.20. The first-order valence-corrected chi connectivity index (χ1v) is 16.9. The zero-order valence-electron chi connectivity index (χ0n) is 27.5. The maximum atomic E-state index is 6.54. The Labute approximate surface area is 289 Å². The highest BCUT2D eigenvalue weighted by Gasteiger charge is 2.20. The lowest BCUT2D eigenvalue weighted by Crippen LogP contribution is -2.24. The van der Waals surface area contributed by atoms with Gasteiger partial charge < -0.3 is 0 Å². The average Bonchev–Trinajstić information content (AvgIpc) is 3.18. The molecule has 242 valence electrons. The fourth-order valence-corrected chi connectivity index (χ4v) is 6.23. The van der Waals surface area contributed by atoms with Gasteiger partial charge in [-0.05, 0) is 104 Å². The van der Waals surface area contributed by atoms with Crippen molar-refractivity contribution in [2.45, 2.75) is 32.1 Å². The zero-order valence-corrected chi connectivity index (χ0v) is 27.5. The summed E-state index contributed by atoms with van der Waals surface area (Å²) in [6.07, 6.45) is 4.32. The maximum Gasteiger partial charge on any atom is 0.0687 e. The Morgan fingerprint density at radius 2 is 0.939 bits per heavy atom. The summed E-state index contributed by atoms with van der Waals surface area (Å²) in [5.74, 6) is 6.54. The molecule has 0 unspecified atom stereocenters. The van der Waals surface area contributed by atoms with Crippen LogP contribution in [0.4, 0.5) is 34.1 Å². The van der Waals surface area contributed by atoms with E-state index in [-0.39, 0.29) is 0 Å². The Morgan fingerprint density at radius 3 is 1.53 bits per heavy atom. The Bertz CT molecular complexity index is 1970. The van der Waals surface area contributed by atoms with Gasteiger partial charge in [0.05, 0.1) is 34.1 Å². The van der Waals surface area contributed by atoms with Gasteiger partial charge in [0.1, 0.15) is 0 Å². The lowest BCUT2D eigenvalue weighted by atomic mass is 9.96. The van der Waals surface area contributed by atoms with Crippen LogP contribution in [0.5, 0.6) is 0 Å². The van der Waals surface area contributed by atoms with Crippen molar-refractivity contribution in [3.63, 3.8) is 0 Å². The minimum atomic E-state index is 0.718. The number of hydrazone groups is 2. The SMILES string of the molecule is NN(c1ccccc1)c1cccc(Cc2ccccc2N(N=C2CCCC(=NN(c3ccccc3)c3ccccc3)C2)c2ccccc2)c1. The standard InChI is InChI=1S/C43H40N6/c44-47(38-21-5-1-6-22-38)42-29-15-17-34(32-42)31-35-18-13-14-30-43(35)49(41-27-11-4-12-28-41)46-37-20-16-19-36(33-37)45-48(39-23-7-2-8-24-39)40-25-9-3-10-26-40/h1-15,17-18,21-30,32H,16,19-20,31,33,44H2. The van der Waals surface area contributed by atoms with Gasteiger partial charge in [-0.1, -0.05) is 103 Å². The van der Waals surface area contributed by atoms with Crippen molar-refractivity contribution >= 4 is 45.5 Å². The minimum Gasteiger partial charge on any atom is -0.280 e. The quantitative estimate of drug-likeness (QED) is 0.120. The van der Waals surface area contributed by atoms with E-state index in [1.165, 1.54) is 11.1 Å². The fraction of sp³-hybridized carbons (Fsp3) is 0.116. The molecule has 6 nitrogen and oxygen atoms in total. The minimum absolute atomic E-state index is 0.718. The largest absolute Gasteiger partial charge is 0.280 e. The van der Waals surface area contributed by atoms with Gasteiger partial charge in [0, 0.05) is 17.8 Å². The lowest BCUT2D eigenvalue weighted by molar-refractivity contribution is 0.852. The predicted octanol–water partition coefficient (Wildman–Crippen LogP) is 10.6. The summed E-state index contributed by atoms with van der Waals surface area (Å²) in [6, 6.07) is 58.2. The van der Waals surface area contributed by atoms with Crippen LogP contribution in [0.1, 0.15) is 36.8 Å². The molecule has 0 heterocycles. The first-order chi connectivity index (χ1) is 24.2. The van der Waals surface area contributed by atoms with Crippen LogP contribution in [0.25, 0.3) is 0 Å². The number of benzene rings is 6. The summed E-state index contributed by atoms with van der Waals surface area (Å²) in [7, 11) is 0. The molecule has 0 saturated heterocycles. The molecule has 7 rings (SSSR count). The summed E-state index contributed by atoms with van der Waals surface area (Å²) in [4.78, 5) is 0. The molecule has 0 aromatic heterocycles. The molecule has 1 aliphatic rings. The van der Waals surface area contributed by atoms with Crippen LogP contribution < -0.4 is 20.9 Å². The first kappa shape index (κ1) is 31.6. The van der Waals surface area contributed by atoms with Crippen molar-refractivity contribution in [1.82, 2.24) is 0 Å². The third-order valence-corrected chi connectivity index (χ3v) is 8.66. The van der Waals surface area contributed by atoms with E-state index in [4.69, 9.17) is 16.0 Å². The molecule has 49 heavy (non-hydrogen) atoms. The third-order valence-electron chi connectivity index (χ3n) is 8.66. The molecule has 1 fully saturated rings. The van der Waals surface area contributed by atoms with Crippen LogP contribution in [0, 0.1) is 0 Å². The van der Waals surface area contributed by atoms with E-state index in [1.54, 1.807) is 5.01 Å². The Kier molecular flexibility index (Phi) is 9.86. The van der Waals surface area contributed by atoms with Gasteiger partial charge in [-0.25, -0.2) is 15.9 Å². The molecule has 6 aromatic carbocycles. The van der Waals surface area contributed by atoms with Gasteiger partial charge >= 0.3 is 0 Å². The Hall–Kier alpha value is -5.98. The van der Waals surface area contributed by atoms with E-state index >= 15 is 0 Å². The smallest absolute Gasteiger partial charge is 0.0687 e. The van der Waals surface area contributed by atoms with E-state index in [0.29, 0.717) is 0 Å². The number of hydrazine groups is 1. The molecule has 6 aromatic rings. The van der Waals surface area contributed by atoms with E-state index in [0.717, 1.165) is 77.7 Å². The first-order valence-electron chi connectivity index (χ1n) is 16.9. The van der Waals surface area contributed by atoms with Gasteiger partial charge in [-0.3, -0.25) is 5.01 Å². The zero-order chi connectivity index (χ0) is 33.3. The molecule has 6 heteroatoms. The number of para-hydroxylation sites is 5. The fourth-order valence-electron chi connectivity index (χ4n) is 6.23. The van der Waals surface area contributed by atoms with Crippen molar-refractivity contribution < 1.29 is 0 Å². The normalized spacial score (nSPS) is 14.5. The van der Waals surface area contributed by atoms with Crippen LogP contribution in [0.2, 0.25) is 0 Å². The predicted molar refractivity (Wildman–Crippen MR) is 205 cm³/mol. The molecule has 1 saturated carbocycles. The van der Waals surface area contributed by atoms with E-state index in [9.17, 15) is 0 Å². The number of nitrogens with two attached hydrogens (primary N) is 1. The van der Waals surface area contributed by atoms with Crippen molar-refractivity contribution in [1.29, 1.82) is 0 Å². The van der Waals surface area contributed by atoms with Gasteiger partial charge in [0.2, 0.25) is 0 Å². The number of rotatable bonds is 10. The Morgan fingerprint density at radius 1 is 0.469 bits per heavy atom. The topological polar surface area (TPSA) is 60.5 Å². The summed E-state index contributed by atoms with van der Waals surface area (Å²) in [5, 5.41) is 16.5. The highest BCUT2D eigenvalue weighted by Crippen LogP contribution is 2.33. The van der Waals surface area contributed by atoms with Crippen molar-refractivity contribution in [3.05, 3.63) is 181 Å². The monoisotopic (exact) mass is 640 g/mol. The highest BCUT2D eigenvalue weighted by atomic mass is 15.5. The van der Waals surface area contributed by atoms with Crippen molar-refractivity contribution in [2.24, 2.45) is 16.0 Å².